The molecule has 0 bridgehead atoms. The van der Waals surface area contributed by atoms with Gasteiger partial charge in [0.2, 0.25) is 0 Å². The van der Waals surface area contributed by atoms with Gasteiger partial charge in [0.05, 0.1) is 10.6 Å². The largest absolute Gasteiger partial charge is 0.384 e. The van der Waals surface area contributed by atoms with E-state index in [1.54, 1.807) is 6.07 Å². The van der Waals surface area contributed by atoms with E-state index < -0.39 is 0 Å². The molecule has 0 heterocycles. The lowest BCUT2D eigenvalue weighted by Crippen LogP contribution is -2.34. The second-order valence-electron chi connectivity index (χ2n) is 5.24. The van der Waals surface area contributed by atoms with Crippen LogP contribution in [0.4, 0.5) is 5.69 Å². The van der Waals surface area contributed by atoms with Crippen molar-refractivity contribution in [1.29, 1.82) is 5.41 Å². The van der Waals surface area contributed by atoms with Crippen LogP contribution < -0.4 is 10.6 Å². The first-order valence-corrected chi connectivity index (χ1v) is 6.78. The van der Waals surface area contributed by atoms with Crippen LogP contribution in [0.25, 0.3) is 0 Å². The zero-order valence-electron chi connectivity index (χ0n) is 10.9. The first-order chi connectivity index (χ1) is 8.50. The van der Waals surface area contributed by atoms with Gasteiger partial charge in [-0.1, -0.05) is 17.7 Å². The fourth-order valence-corrected chi connectivity index (χ4v) is 2.46. The molecular formula is C14H20ClN3. The molecule has 4 heteroatoms. The van der Waals surface area contributed by atoms with Crippen LogP contribution in [0.3, 0.4) is 0 Å². The van der Waals surface area contributed by atoms with Gasteiger partial charge in [0.1, 0.15) is 5.84 Å². The zero-order valence-corrected chi connectivity index (χ0v) is 11.7. The summed E-state index contributed by atoms with van der Waals surface area (Å²) in [5.41, 5.74) is 7.32. The van der Waals surface area contributed by atoms with E-state index in [2.05, 4.69) is 18.7 Å². The highest BCUT2D eigenvalue weighted by Gasteiger charge is 2.27. The quantitative estimate of drug-likeness (QED) is 0.634. The predicted molar refractivity (Wildman–Crippen MR) is 77.7 cm³/mol. The van der Waals surface area contributed by atoms with Crippen LogP contribution in [-0.2, 0) is 0 Å². The van der Waals surface area contributed by atoms with Crippen LogP contribution in [0.15, 0.2) is 18.2 Å². The van der Waals surface area contributed by atoms with Crippen molar-refractivity contribution >= 4 is 23.1 Å². The Bertz CT molecular complexity index is 452. The summed E-state index contributed by atoms with van der Waals surface area (Å²) < 4.78 is 0. The van der Waals surface area contributed by atoms with Gasteiger partial charge in [-0.15, -0.1) is 0 Å². The Labute approximate surface area is 113 Å². The molecule has 0 saturated heterocycles. The summed E-state index contributed by atoms with van der Waals surface area (Å²) in [6, 6.07) is 6.09. The fraction of sp³-hybridized carbons (Fsp3) is 0.500. The van der Waals surface area contributed by atoms with Crippen LogP contribution >= 0.6 is 11.6 Å². The van der Waals surface area contributed by atoms with Crippen molar-refractivity contribution in [1.82, 2.24) is 0 Å². The first-order valence-electron chi connectivity index (χ1n) is 6.40. The number of anilines is 1. The third kappa shape index (κ3) is 2.78. The fourth-order valence-electron chi connectivity index (χ4n) is 2.18. The van der Waals surface area contributed by atoms with Crippen molar-refractivity contribution in [3.8, 4) is 0 Å². The summed E-state index contributed by atoms with van der Waals surface area (Å²) in [6.45, 7) is 5.35. The molecule has 3 N–H and O–H groups in total. The van der Waals surface area contributed by atoms with Crippen LogP contribution in [0, 0.1) is 11.3 Å². The van der Waals surface area contributed by atoms with Gasteiger partial charge in [0.15, 0.2) is 0 Å². The van der Waals surface area contributed by atoms with E-state index in [1.165, 1.54) is 12.8 Å². The number of halogens is 1. The number of nitrogens with one attached hydrogen (secondary N) is 1. The summed E-state index contributed by atoms with van der Waals surface area (Å²) in [6.07, 6.45) is 2.61. The van der Waals surface area contributed by atoms with Crippen molar-refractivity contribution in [2.24, 2.45) is 11.7 Å². The predicted octanol–water partition coefficient (Wildman–Crippen LogP) is 3.25. The molecule has 1 aliphatic rings. The molecular weight excluding hydrogens is 246 g/mol. The molecule has 1 aliphatic carbocycles. The van der Waals surface area contributed by atoms with Crippen molar-refractivity contribution in [2.75, 3.05) is 11.4 Å². The molecule has 18 heavy (non-hydrogen) atoms. The van der Waals surface area contributed by atoms with Gasteiger partial charge in [-0.3, -0.25) is 5.41 Å². The normalized spacial score (nSPS) is 14.9. The molecule has 98 valence electrons. The number of rotatable bonds is 5. The average Bonchev–Trinajstić information content (AvgIpc) is 3.08. The van der Waals surface area contributed by atoms with Gasteiger partial charge in [-0.05, 0) is 44.7 Å². The van der Waals surface area contributed by atoms with E-state index in [0.29, 0.717) is 16.6 Å². The van der Waals surface area contributed by atoms with Crippen molar-refractivity contribution < 1.29 is 0 Å². The van der Waals surface area contributed by atoms with Crippen LogP contribution in [0.2, 0.25) is 5.02 Å². The average molecular weight is 266 g/mol. The second-order valence-corrected chi connectivity index (χ2v) is 5.64. The third-order valence-electron chi connectivity index (χ3n) is 3.35. The van der Waals surface area contributed by atoms with Gasteiger partial charge >= 0.3 is 0 Å². The number of nitrogen functional groups attached to an aromatic ring is 1. The van der Waals surface area contributed by atoms with Crippen LogP contribution in [0.1, 0.15) is 32.3 Å². The Kier molecular flexibility index (Phi) is 3.81. The maximum atomic E-state index is 7.72. The monoisotopic (exact) mass is 265 g/mol. The summed E-state index contributed by atoms with van der Waals surface area (Å²) >= 11 is 6.18. The number of nitrogens with two attached hydrogens (primary N) is 1. The lowest BCUT2D eigenvalue weighted by Gasteiger charge is -2.31. The minimum atomic E-state index is 0.0389. The smallest absolute Gasteiger partial charge is 0.126 e. The summed E-state index contributed by atoms with van der Waals surface area (Å²) in [5, 5.41) is 8.27. The van der Waals surface area contributed by atoms with Crippen molar-refractivity contribution in [2.45, 2.75) is 32.7 Å². The van der Waals surface area contributed by atoms with E-state index >= 15 is 0 Å². The highest BCUT2D eigenvalue weighted by atomic mass is 35.5. The van der Waals surface area contributed by atoms with Crippen LogP contribution in [-0.4, -0.2) is 18.4 Å². The Balaban J connectivity index is 2.39. The number of amidine groups is 1. The Morgan fingerprint density at radius 3 is 2.67 bits per heavy atom. The van der Waals surface area contributed by atoms with E-state index in [9.17, 15) is 0 Å². The van der Waals surface area contributed by atoms with E-state index in [1.807, 2.05) is 12.1 Å². The van der Waals surface area contributed by atoms with E-state index in [-0.39, 0.29) is 5.84 Å². The zero-order chi connectivity index (χ0) is 13.3. The third-order valence-corrected chi connectivity index (χ3v) is 3.66. The standard InChI is InChI=1S/C14H20ClN3/c1-9(2)18(8-10-6-7-10)12-5-3-4-11(15)13(12)14(16)17/h3-5,9-10H,6-8H2,1-2H3,(H3,16,17). The van der Waals surface area contributed by atoms with Gasteiger partial charge in [-0.25, -0.2) is 0 Å². The maximum absolute atomic E-state index is 7.72. The minimum Gasteiger partial charge on any atom is -0.384 e. The number of benzene rings is 1. The van der Waals surface area contributed by atoms with Gasteiger partial charge in [-0.2, -0.15) is 0 Å². The highest BCUT2D eigenvalue weighted by Crippen LogP contribution is 2.35. The highest BCUT2D eigenvalue weighted by molar-refractivity contribution is 6.34. The molecule has 1 aromatic carbocycles. The second kappa shape index (κ2) is 5.19. The summed E-state index contributed by atoms with van der Waals surface area (Å²) in [5.74, 6) is 0.822. The molecule has 0 atom stereocenters. The van der Waals surface area contributed by atoms with Gasteiger partial charge in [0.25, 0.3) is 0 Å². The Morgan fingerprint density at radius 2 is 2.17 bits per heavy atom. The summed E-state index contributed by atoms with van der Waals surface area (Å²) in [4.78, 5) is 2.31. The lowest BCUT2D eigenvalue weighted by molar-refractivity contribution is 0.644. The molecule has 0 aliphatic heterocycles. The molecule has 2 rings (SSSR count). The summed E-state index contributed by atoms with van der Waals surface area (Å²) in [7, 11) is 0. The SMILES string of the molecule is CC(C)N(CC1CC1)c1cccc(Cl)c1C(=N)N. The van der Waals surface area contributed by atoms with E-state index in [0.717, 1.165) is 18.2 Å². The Morgan fingerprint density at radius 1 is 1.50 bits per heavy atom. The topological polar surface area (TPSA) is 53.1 Å². The maximum Gasteiger partial charge on any atom is 0.126 e. The molecule has 0 spiro atoms. The Hall–Kier alpha value is -1.22. The number of nitrogens with zero attached hydrogens (tertiary/aromatic N) is 1. The molecule has 1 fully saturated rings. The molecule has 1 aromatic rings. The van der Waals surface area contributed by atoms with Gasteiger partial charge in [0, 0.05) is 18.3 Å². The molecule has 0 unspecified atom stereocenters. The van der Waals surface area contributed by atoms with Crippen molar-refractivity contribution in [3.05, 3.63) is 28.8 Å². The first kappa shape index (κ1) is 13.2. The van der Waals surface area contributed by atoms with E-state index in [4.69, 9.17) is 22.7 Å². The minimum absolute atomic E-state index is 0.0389. The number of hydrogen-bond acceptors (Lipinski definition) is 2. The molecule has 0 radical (unpaired) electrons. The molecule has 0 amide bonds. The molecule has 1 saturated carbocycles. The van der Waals surface area contributed by atoms with Crippen molar-refractivity contribution in [3.63, 3.8) is 0 Å². The molecule has 3 nitrogen and oxygen atoms in total. The lowest BCUT2D eigenvalue weighted by atomic mass is 10.1. The number of hydrogen-bond donors (Lipinski definition) is 2. The van der Waals surface area contributed by atoms with Gasteiger partial charge < -0.3 is 10.6 Å². The molecule has 0 aromatic heterocycles. The van der Waals surface area contributed by atoms with Crippen LogP contribution in [0.5, 0.6) is 0 Å².